The molecule has 25 heavy (non-hydrogen) atoms. The summed E-state index contributed by atoms with van der Waals surface area (Å²) in [5.74, 6) is -0.553. The molecule has 2 bridgehead atoms. The Morgan fingerprint density at radius 3 is 2.44 bits per heavy atom. The molecule has 0 spiro atoms. The number of amides is 3. The number of rotatable bonds is 2. The summed E-state index contributed by atoms with van der Waals surface area (Å²) in [6.07, 6.45) is 6.92. The highest BCUT2D eigenvalue weighted by Gasteiger charge is 2.59. The van der Waals surface area contributed by atoms with Crippen molar-refractivity contribution in [2.24, 2.45) is 23.7 Å². The van der Waals surface area contributed by atoms with Gasteiger partial charge in [0.15, 0.2) is 0 Å². The van der Waals surface area contributed by atoms with E-state index in [1.165, 1.54) is 4.90 Å². The van der Waals surface area contributed by atoms with Gasteiger partial charge < -0.3 is 4.90 Å². The van der Waals surface area contributed by atoms with E-state index in [-0.39, 0.29) is 47.9 Å². The molecule has 3 amide bonds. The zero-order valence-electron chi connectivity index (χ0n) is 13.9. The average Bonchev–Trinajstić information content (AvgIpc) is 3.31. The maximum Gasteiger partial charge on any atom is 0.247 e. The molecule has 2 aliphatic carbocycles. The van der Waals surface area contributed by atoms with Gasteiger partial charge in [-0.3, -0.25) is 19.3 Å². The fourth-order valence-corrected chi connectivity index (χ4v) is 5.13. The van der Waals surface area contributed by atoms with Crippen LogP contribution in [0.1, 0.15) is 18.4 Å². The minimum Gasteiger partial charge on any atom is -0.311 e. The van der Waals surface area contributed by atoms with E-state index in [4.69, 9.17) is 0 Å². The van der Waals surface area contributed by atoms with Gasteiger partial charge in [0.05, 0.1) is 11.8 Å². The first kappa shape index (κ1) is 14.9. The number of nitrogens with zero attached hydrogens (tertiary/aromatic N) is 2. The maximum atomic E-state index is 12.9. The first-order valence-corrected chi connectivity index (χ1v) is 9.07. The van der Waals surface area contributed by atoms with E-state index < -0.39 is 0 Å². The van der Waals surface area contributed by atoms with Gasteiger partial charge in [-0.15, -0.1) is 0 Å². The van der Waals surface area contributed by atoms with Crippen LogP contribution in [0.4, 0.5) is 5.69 Å². The molecule has 128 valence electrons. The van der Waals surface area contributed by atoms with Crippen molar-refractivity contribution in [2.75, 3.05) is 18.0 Å². The molecule has 1 saturated heterocycles. The molecule has 0 aromatic heterocycles. The lowest BCUT2D eigenvalue weighted by Crippen LogP contribution is -2.45. The molecule has 0 radical (unpaired) electrons. The number of fused-ring (bicyclic) bond motifs is 6. The van der Waals surface area contributed by atoms with E-state index in [9.17, 15) is 14.4 Å². The summed E-state index contributed by atoms with van der Waals surface area (Å²) in [5, 5.41) is 0. The SMILES string of the molecule is O=C1C2C3C=CC(C3)C2C(=O)N1CC(=O)N1CCCc2ccccc21. The zero-order valence-corrected chi connectivity index (χ0v) is 13.9. The minimum absolute atomic E-state index is 0.127. The highest BCUT2D eigenvalue weighted by molar-refractivity contribution is 6.10. The van der Waals surface area contributed by atoms with E-state index in [1.807, 2.05) is 24.3 Å². The van der Waals surface area contributed by atoms with E-state index in [2.05, 4.69) is 12.2 Å². The van der Waals surface area contributed by atoms with Crippen molar-refractivity contribution in [1.82, 2.24) is 4.90 Å². The lowest BCUT2D eigenvalue weighted by atomic mass is 9.85. The Morgan fingerprint density at radius 1 is 1.04 bits per heavy atom. The van der Waals surface area contributed by atoms with E-state index in [1.54, 1.807) is 4.90 Å². The average molecular weight is 336 g/mol. The number of imide groups is 1. The smallest absolute Gasteiger partial charge is 0.247 e. The number of benzene rings is 1. The monoisotopic (exact) mass is 336 g/mol. The Hall–Kier alpha value is -2.43. The highest BCUT2D eigenvalue weighted by atomic mass is 16.2. The molecule has 1 aromatic rings. The number of carbonyl (C=O) groups excluding carboxylic acids is 3. The summed E-state index contributed by atoms with van der Waals surface area (Å²) < 4.78 is 0. The van der Waals surface area contributed by atoms with Crippen LogP contribution in [0.25, 0.3) is 0 Å². The molecule has 4 aliphatic rings. The van der Waals surface area contributed by atoms with Crippen LogP contribution in [0.15, 0.2) is 36.4 Å². The molecule has 4 atom stereocenters. The number of hydrogen-bond donors (Lipinski definition) is 0. The van der Waals surface area contributed by atoms with Gasteiger partial charge in [-0.1, -0.05) is 30.4 Å². The summed E-state index contributed by atoms with van der Waals surface area (Å²) in [4.78, 5) is 41.3. The molecule has 0 N–H and O–H groups in total. The summed E-state index contributed by atoms with van der Waals surface area (Å²) in [6.45, 7) is 0.518. The molecule has 5 rings (SSSR count). The van der Waals surface area contributed by atoms with Crippen molar-refractivity contribution in [3.8, 4) is 0 Å². The standard InChI is InChI=1S/C20H20N2O3/c23-16(21-9-3-5-12-4-1-2-6-15(12)21)11-22-19(24)17-13-7-8-14(10-13)18(17)20(22)25/h1-2,4,6-8,13-14,17-18H,3,5,9-11H2. The van der Waals surface area contributed by atoms with Crippen molar-refractivity contribution >= 4 is 23.4 Å². The number of allylic oxidation sites excluding steroid dienone is 2. The third-order valence-electron chi connectivity index (χ3n) is 6.27. The van der Waals surface area contributed by atoms with Gasteiger partial charge in [0, 0.05) is 12.2 Å². The number of carbonyl (C=O) groups is 3. The number of hydrogen-bond acceptors (Lipinski definition) is 3. The molecule has 5 nitrogen and oxygen atoms in total. The first-order chi connectivity index (χ1) is 12.1. The molecule has 2 aliphatic heterocycles. The Bertz CT molecular complexity index is 785. The van der Waals surface area contributed by atoms with Crippen LogP contribution in [-0.4, -0.2) is 35.7 Å². The van der Waals surface area contributed by atoms with Crippen molar-refractivity contribution in [2.45, 2.75) is 19.3 Å². The summed E-state index contributed by atoms with van der Waals surface area (Å²) in [5.41, 5.74) is 2.07. The maximum absolute atomic E-state index is 12.9. The summed E-state index contributed by atoms with van der Waals surface area (Å²) in [6, 6.07) is 7.88. The molecular weight excluding hydrogens is 316 g/mol. The molecular formula is C20H20N2O3. The topological polar surface area (TPSA) is 57.7 Å². The molecule has 5 heteroatoms. The number of anilines is 1. The Labute approximate surface area is 146 Å². The highest BCUT2D eigenvalue weighted by Crippen LogP contribution is 2.52. The van der Waals surface area contributed by atoms with Crippen LogP contribution in [0.3, 0.4) is 0 Å². The van der Waals surface area contributed by atoms with Crippen molar-refractivity contribution < 1.29 is 14.4 Å². The van der Waals surface area contributed by atoms with Crippen molar-refractivity contribution in [3.05, 3.63) is 42.0 Å². The molecule has 1 aromatic carbocycles. The second kappa shape index (κ2) is 5.28. The summed E-state index contributed by atoms with van der Waals surface area (Å²) >= 11 is 0. The normalized spacial score (nSPS) is 32.3. The number of likely N-dealkylation sites (tertiary alicyclic amines) is 1. The second-order valence-electron chi connectivity index (χ2n) is 7.54. The van der Waals surface area contributed by atoms with Gasteiger partial charge in [-0.05, 0) is 42.7 Å². The predicted octanol–water partition coefficient (Wildman–Crippen LogP) is 1.77. The molecule has 2 heterocycles. The van der Waals surface area contributed by atoms with E-state index in [0.29, 0.717) is 6.54 Å². The van der Waals surface area contributed by atoms with Crippen LogP contribution in [0, 0.1) is 23.7 Å². The lowest BCUT2D eigenvalue weighted by molar-refractivity contribution is -0.143. The van der Waals surface area contributed by atoms with Gasteiger partial charge in [0.2, 0.25) is 17.7 Å². The lowest BCUT2D eigenvalue weighted by Gasteiger charge is -2.30. The van der Waals surface area contributed by atoms with Crippen LogP contribution in [0.5, 0.6) is 0 Å². The molecule has 1 saturated carbocycles. The quantitative estimate of drug-likeness (QED) is 0.611. The third kappa shape index (κ3) is 2.04. The zero-order chi connectivity index (χ0) is 17.1. The Kier molecular flexibility index (Phi) is 3.14. The van der Waals surface area contributed by atoms with E-state index in [0.717, 1.165) is 30.5 Å². The first-order valence-electron chi connectivity index (χ1n) is 9.07. The largest absolute Gasteiger partial charge is 0.311 e. The summed E-state index contributed by atoms with van der Waals surface area (Å²) in [7, 11) is 0. The van der Waals surface area contributed by atoms with Gasteiger partial charge in [-0.25, -0.2) is 0 Å². The van der Waals surface area contributed by atoms with Gasteiger partial charge in [0.25, 0.3) is 0 Å². The van der Waals surface area contributed by atoms with Crippen molar-refractivity contribution in [1.29, 1.82) is 0 Å². The van der Waals surface area contributed by atoms with Crippen LogP contribution < -0.4 is 4.90 Å². The van der Waals surface area contributed by atoms with Crippen LogP contribution >= 0.6 is 0 Å². The van der Waals surface area contributed by atoms with Crippen LogP contribution in [-0.2, 0) is 20.8 Å². The fourth-order valence-electron chi connectivity index (χ4n) is 5.13. The Morgan fingerprint density at radius 2 is 1.72 bits per heavy atom. The van der Waals surface area contributed by atoms with Crippen molar-refractivity contribution in [3.63, 3.8) is 0 Å². The number of para-hydroxylation sites is 1. The van der Waals surface area contributed by atoms with Gasteiger partial charge in [-0.2, -0.15) is 0 Å². The second-order valence-corrected chi connectivity index (χ2v) is 7.54. The van der Waals surface area contributed by atoms with E-state index >= 15 is 0 Å². The van der Waals surface area contributed by atoms with Gasteiger partial charge >= 0.3 is 0 Å². The van der Waals surface area contributed by atoms with Crippen LogP contribution in [0.2, 0.25) is 0 Å². The fraction of sp³-hybridized carbons (Fsp3) is 0.450. The predicted molar refractivity (Wildman–Crippen MR) is 91.6 cm³/mol. The minimum atomic E-state index is -0.232. The molecule has 2 fully saturated rings. The number of aryl methyl sites for hydroxylation is 1. The van der Waals surface area contributed by atoms with Gasteiger partial charge in [0.1, 0.15) is 6.54 Å². The Balaban J connectivity index is 1.38. The third-order valence-corrected chi connectivity index (χ3v) is 6.27. The molecule has 4 unspecified atom stereocenters.